The van der Waals surface area contributed by atoms with Gasteiger partial charge in [-0.05, 0) is 50.0 Å². The lowest BCUT2D eigenvalue weighted by atomic mass is 9.52. The van der Waals surface area contributed by atoms with Crippen molar-refractivity contribution in [3.8, 4) is 11.4 Å². The molecule has 3 aliphatic rings. The van der Waals surface area contributed by atoms with E-state index in [0.29, 0.717) is 5.82 Å². The predicted molar refractivity (Wildman–Crippen MR) is 95.5 cm³/mol. The maximum absolute atomic E-state index is 13.4. The Morgan fingerprint density at radius 2 is 1.71 bits per heavy atom. The minimum atomic E-state index is -4.47. The number of hydrogen-bond donors (Lipinski definition) is 1. The minimum absolute atomic E-state index is 0.0273. The summed E-state index contributed by atoms with van der Waals surface area (Å²) in [4.78, 5) is 11.2. The van der Waals surface area contributed by atoms with Crippen molar-refractivity contribution in [3.05, 3.63) is 35.7 Å². The summed E-state index contributed by atoms with van der Waals surface area (Å²) in [6.45, 7) is 0. The molecule has 0 saturated heterocycles. The van der Waals surface area contributed by atoms with E-state index in [9.17, 15) is 23.1 Å². The van der Waals surface area contributed by atoms with Crippen LogP contribution < -0.4 is 0 Å². The summed E-state index contributed by atoms with van der Waals surface area (Å²) in [6, 6.07) is 5.42. The van der Waals surface area contributed by atoms with Gasteiger partial charge in [-0.15, -0.1) is 10.2 Å². The molecule has 0 atom stereocenters. The van der Waals surface area contributed by atoms with Crippen LogP contribution in [0.5, 0.6) is 0 Å². The lowest BCUT2D eigenvalue weighted by Crippen LogP contribution is -2.46. The summed E-state index contributed by atoms with van der Waals surface area (Å²) in [7, 11) is 1.72. The zero-order valence-electron chi connectivity index (χ0n) is 15.6. The predicted octanol–water partition coefficient (Wildman–Crippen LogP) is 4.57. The third-order valence-electron chi connectivity index (χ3n) is 6.75. The van der Waals surface area contributed by atoms with Crippen molar-refractivity contribution in [2.45, 2.75) is 56.5 Å². The van der Waals surface area contributed by atoms with Crippen molar-refractivity contribution >= 4 is 5.97 Å². The van der Waals surface area contributed by atoms with E-state index in [2.05, 4.69) is 10.2 Å². The van der Waals surface area contributed by atoms with Crippen molar-refractivity contribution in [1.29, 1.82) is 0 Å². The first kappa shape index (κ1) is 19.0. The van der Waals surface area contributed by atoms with E-state index in [1.165, 1.54) is 12.1 Å². The molecule has 2 bridgehead atoms. The van der Waals surface area contributed by atoms with Crippen LogP contribution in [0.25, 0.3) is 11.4 Å². The summed E-state index contributed by atoms with van der Waals surface area (Å²) in [5.74, 6) is 0.160. The number of halogens is 3. The molecule has 1 aromatic heterocycles. The van der Waals surface area contributed by atoms with Gasteiger partial charge in [-0.25, -0.2) is 0 Å². The van der Waals surface area contributed by atoms with E-state index in [1.54, 1.807) is 17.7 Å². The van der Waals surface area contributed by atoms with Gasteiger partial charge in [-0.1, -0.05) is 18.2 Å². The molecular weight excluding hydrogens is 371 g/mol. The maximum atomic E-state index is 13.4. The molecule has 0 amide bonds. The Bertz CT molecular complexity index is 895. The number of alkyl halides is 3. The first-order valence-electron chi connectivity index (χ1n) is 9.44. The number of benzene rings is 1. The highest BCUT2D eigenvalue weighted by molar-refractivity contribution is 5.68. The van der Waals surface area contributed by atoms with Crippen molar-refractivity contribution in [2.75, 3.05) is 0 Å². The standard InChI is InChI=1S/C20H22F3N3O2/c1-26-16(13-4-2-3-5-14(13)20(21,22)23)24-25-17(26)19-9-6-18(7-10-19,8-11-19)12-15(27)28/h2-5H,6-12H2,1H3,(H,27,28). The van der Waals surface area contributed by atoms with Crippen molar-refractivity contribution < 1.29 is 23.1 Å². The van der Waals surface area contributed by atoms with Crippen LogP contribution in [-0.2, 0) is 23.4 Å². The van der Waals surface area contributed by atoms with Gasteiger partial charge in [0.1, 0.15) is 5.82 Å². The second-order valence-electron chi connectivity index (χ2n) is 8.30. The minimum Gasteiger partial charge on any atom is -0.481 e. The largest absolute Gasteiger partial charge is 0.481 e. The Labute approximate surface area is 160 Å². The Morgan fingerprint density at radius 1 is 1.11 bits per heavy atom. The van der Waals surface area contributed by atoms with Gasteiger partial charge in [0, 0.05) is 18.0 Å². The topological polar surface area (TPSA) is 68.0 Å². The van der Waals surface area contributed by atoms with Gasteiger partial charge in [0.2, 0.25) is 0 Å². The van der Waals surface area contributed by atoms with Crippen LogP contribution in [-0.4, -0.2) is 25.8 Å². The first-order chi connectivity index (χ1) is 13.2. The van der Waals surface area contributed by atoms with E-state index >= 15 is 0 Å². The van der Waals surface area contributed by atoms with E-state index in [-0.39, 0.29) is 28.6 Å². The fraction of sp³-hybridized carbons (Fsp3) is 0.550. The van der Waals surface area contributed by atoms with Gasteiger partial charge in [-0.3, -0.25) is 4.79 Å². The van der Waals surface area contributed by atoms with Crippen LogP contribution in [0.3, 0.4) is 0 Å². The third kappa shape index (κ3) is 2.99. The number of carboxylic acids is 1. The summed E-state index contributed by atoms with van der Waals surface area (Å²) < 4.78 is 41.9. The number of aromatic nitrogens is 3. The molecule has 150 valence electrons. The average molecular weight is 393 g/mol. The summed E-state index contributed by atoms with van der Waals surface area (Å²) in [5.41, 5.74) is -1.06. The van der Waals surface area contributed by atoms with Gasteiger partial charge in [-0.2, -0.15) is 13.2 Å². The number of aliphatic carboxylic acids is 1. The Morgan fingerprint density at radius 3 is 2.29 bits per heavy atom. The van der Waals surface area contributed by atoms with Gasteiger partial charge in [0.25, 0.3) is 0 Å². The van der Waals surface area contributed by atoms with Gasteiger partial charge in [0.05, 0.1) is 12.0 Å². The molecular formula is C20H22F3N3O2. The second-order valence-corrected chi connectivity index (χ2v) is 8.30. The molecule has 1 N–H and O–H groups in total. The first-order valence-corrected chi connectivity index (χ1v) is 9.44. The van der Waals surface area contributed by atoms with Gasteiger partial charge >= 0.3 is 12.1 Å². The molecule has 3 saturated carbocycles. The fourth-order valence-corrected chi connectivity index (χ4v) is 5.14. The number of carboxylic acid groups (broad SMARTS) is 1. The van der Waals surface area contributed by atoms with E-state index in [4.69, 9.17) is 0 Å². The molecule has 2 aromatic rings. The van der Waals surface area contributed by atoms with Crippen molar-refractivity contribution in [3.63, 3.8) is 0 Å². The van der Waals surface area contributed by atoms with E-state index in [1.807, 2.05) is 0 Å². The fourth-order valence-electron chi connectivity index (χ4n) is 5.14. The van der Waals surface area contributed by atoms with Crippen molar-refractivity contribution in [2.24, 2.45) is 12.5 Å². The van der Waals surface area contributed by atoms with Crippen molar-refractivity contribution in [1.82, 2.24) is 14.8 Å². The highest BCUT2D eigenvalue weighted by atomic mass is 19.4. The lowest BCUT2D eigenvalue weighted by molar-refractivity contribution is -0.142. The van der Waals surface area contributed by atoms with E-state index in [0.717, 1.165) is 44.6 Å². The zero-order chi connectivity index (χ0) is 20.2. The molecule has 5 nitrogen and oxygen atoms in total. The number of fused-ring (bicyclic) bond motifs is 3. The van der Waals surface area contributed by atoms with E-state index < -0.39 is 17.7 Å². The van der Waals surface area contributed by atoms with Crippen LogP contribution in [0.2, 0.25) is 0 Å². The number of carbonyl (C=O) groups is 1. The number of nitrogens with zero attached hydrogens (tertiary/aromatic N) is 3. The summed E-state index contributed by atoms with van der Waals surface area (Å²) >= 11 is 0. The molecule has 0 aliphatic heterocycles. The van der Waals surface area contributed by atoms with Crippen LogP contribution in [0.1, 0.15) is 56.3 Å². The number of hydrogen-bond acceptors (Lipinski definition) is 3. The van der Waals surface area contributed by atoms with Crippen LogP contribution in [0, 0.1) is 5.41 Å². The average Bonchev–Trinajstić information content (AvgIpc) is 3.04. The molecule has 3 fully saturated rings. The van der Waals surface area contributed by atoms with Crippen LogP contribution in [0.15, 0.2) is 24.3 Å². The molecule has 0 unspecified atom stereocenters. The normalized spacial score (nSPS) is 27.1. The molecule has 5 rings (SSSR count). The molecule has 0 radical (unpaired) electrons. The van der Waals surface area contributed by atoms with Crippen LogP contribution >= 0.6 is 0 Å². The Hall–Kier alpha value is -2.38. The Balaban J connectivity index is 1.68. The molecule has 1 heterocycles. The molecule has 1 aromatic carbocycles. The molecule has 28 heavy (non-hydrogen) atoms. The van der Waals surface area contributed by atoms with Crippen LogP contribution in [0.4, 0.5) is 13.2 Å². The summed E-state index contributed by atoms with van der Waals surface area (Å²) in [5, 5.41) is 17.7. The highest BCUT2D eigenvalue weighted by Gasteiger charge is 2.52. The smallest absolute Gasteiger partial charge is 0.417 e. The monoisotopic (exact) mass is 393 g/mol. The maximum Gasteiger partial charge on any atom is 0.417 e. The quantitative estimate of drug-likeness (QED) is 0.826. The third-order valence-corrected chi connectivity index (χ3v) is 6.75. The van der Waals surface area contributed by atoms with Gasteiger partial charge in [0.15, 0.2) is 5.82 Å². The molecule has 0 spiro atoms. The summed E-state index contributed by atoms with van der Waals surface area (Å²) in [6.07, 6.45) is 0.536. The van der Waals surface area contributed by atoms with Gasteiger partial charge < -0.3 is 9.67 Å². The Kier molecular flexibility index (Phi) is 4.28. The highest BCUT2D eigenvalue weighted by Crippen LogP contribution is 2.58. The number of rotatable bonds is 4. The lowest BCUT2D eigenvalue weighted by Gasteiger charge is -2.52. The zero-order valence-corrected chi connectivity index (χ0v) is 15.6. The SMILES string of the molecule is Cn1c(-c2ccccc2C(F)(F)F)nnc1C12CCC(CC(=O)O)(CC1)CC2. The second kappa shape index (κ2) is 6.32. The molecule has 8 heteroatoms. The molecule has 3 aliphatic carbocycles.